The van der Waals surface area contributed by atoms with Crippen LogP contribution in [0.1, 0.15) is 101 Å². The fraction of sp³-hybridized carbons (Fsp3) is 0.375. The van der Waals surface area contributed by atoms with Crippen molar-refractivity contribution in [1.82, 2.24) is 19.8 Å². The Morgan fingerprint density at radius 3 is 1.60 bits per heavy atom. The molecule has 0 bridgehead atoms. The molecular formula is C40H48N4O6. The molecule has 0 spiro atoms. The third-order valence-corrected chi connectivity index (χ3v) is 7.99. The van der Waals surface area contributed by atoms with Crippen molar-refractivity contribution in [2.75, 3.05) is 26.2 Å². The largest absolute Gasteiger partial charge is 0.477 e. The van der Waals surface area contributed by atoms with E-state index >= 15 is 0 Å². The molecule has 2 aromatic heterocycles. The van der Waals surface area contributed by atoms with E-state index in [2.05, 4.69) is 18.8 Å². The van der Waals surface area contributed by atoms with E-state index in [4.69, 9.17) is 14.5 Å². The van der Waals surface area contributed by atoms with E-state index in [0.717, 1.165) is 36.1 Å². The number of hydrogen-bond acceptors (Lipinski definition) is 7. The highest BCUT2D eigenvalue weighted by atomic mass is 16.5. The number of amides is 2. The van der Waals surface area contributed by atoms with E-state index in [-0.39, 0.29) is 35.6 Å². The standard InChI is InChI=1S/C40H48N4O6/c1-4-20-43(21-5-2)38(45)32-24-34(41-36(26-32)49-28-30-15-9-7-10-16-30)19-13-14-23-44(22-6-3)39(46)33-25-35(40(47)48)42-37(27-33)50-29-31-17-11-8-12-18-31/h7-12,15-18,24-27H,4-6,13-14,19-23,28-29H2,1-3H3,(H,47,48). The van der Waals surface area contributed by atoms with Crippen LogP contribution >= 0.6 is 0 Å². The highest BCUT2D eigenvalue weighted by Gasteiger charge is 2.21. The number of nitrogens with zero attached hydrogens (tertiary/aromatic N) is 4. The molecule has 264 valence electrons. The molecule has 0 saturated carbocycles. The van der Waals surface area contributed by atoms with Gasteiger partial charge in [-0.2, -0.15) is 0 Å². The van der Waals surface area contributed by atoms with Crippen LogP contribution in [-0.2, 0) is 19.6 Å². The molecule has 4 rings (SSSR count). The quantitative estimate of drug-likeness (QED) is 0.0955. The second-order valence-electron chi connectivity index (χ2n) is 12.2. The molecule has 4 aromatic rings. The topological polar surface area (TPSA) is 122 Å². The molecule has 2 heterocycles. The van der Waals surface area contributed by atoms with Gasteiger partial charge in [-0.25, -0.2) is 14.8 Å². The first-order valence-electron chi connectivity index (χ1n) is 17.5. The maximum atomic E-state index is 13.7. The molecule has 0 aliphatic carbocycles. The van der Waals surface area contributed by atoms with Gasteiger partial charge in [0.2, 0.25) is 11.8 Å². The summed E-state index contributed by atoms with van der Waals surface area (Å²) in [6, 6.07) is 25.7. The van der Waals surface area contributed by atoms with Crippen molar-refractivity contribution in [1.29, 1.82) is 0 Å². The van der Waals surface area contributed by atoms with Crippen molar-refractivity contribution in [2.24, 2.45) is 0 Å². The number of carbonyl (C=O) groups is 3. The molecule has 0 fully saturated rings. The first-order chi connectivity index (χ1) is 24.3. The summed E-state index contributed by atoms with van der Waals surface area (Å²) in [4.78, 5) is 51.6. The van der Waals surface area contributed by atoms with Gasteiger partial charge in [0.1, 0.15) is 13.2 Å². The van der Waals surface area contributed by atoms with E-state index in [1.165, 1.54) is 12.1 Å². The number of carbonyl (C=O) groups excluding carboxylic acids is 2. The number of rotatable bonds is 20. The molecule has 0 radical (unpaired) electrons. The zero-order valence-electron chi connectivity index (χ0n) is 29.3. The van der Waals surface area contributed by atoms with Crippen LogP contribution in [-0.4, -0.2) is 68.8 Å². The second kappa shape index (κ2) is 19.7. The van der Waals surface area contributed by atoms with E-state index in [1.54, 1.807) is 11.0 Å². The Balaban J connectivity index is 1.45. The number of ether oxygens (including phenoxy) is 2. The Morgan fingerprint density at radius 2 is 1.10 bits per heavy atom. The lowest BCUT2D eigenvalue weighted by Crippen LogP contribution is -2.33. The van der Waals surface area contributed by atoms with E-state index < -0.39 is 5.97 Å². The van der Waals surface area contributed by atoms with Crippen molar-refractivity contribution in [3.05, 3.63) is 119 Å². The average Bonchev–Trinajstić information content (AvgIpc) is 3.14. The number of unbranched alkanes of at least 4 members (excludes halogenated alkanes) is 1. The Morgan fingerprint density at radius 1 is 0.620 bits per heavy atom. The smallest absolute Gasteiger partial charge is 0.354 e. The molecule has 0 aliphatic rings. The first kappa shape index (κ1) is 37.6. The number of benzene rings is 2. The summed E-state index contributed by atoms with van der Waals surface area (Å²) in [5.41, 5.74) is 3.17. The molecule has 50 heavy (non-hydrogen) atoms. The van der Waals surface area contributed by atoms with Gasteiger partial charge in [0, 0.05) is 55.1 Å². The summed E-state index contributed by atoms with van der Waals surface area (Å²) < 4.78 is 11.9. The lowest BCUT2D eigenvalue weighted by molar-refractivity contribution is 0.0687. The van der Waals surface area contributed by atoms with Crippen LogP contribution in [0.4, 0.5) is 0 Å². The highest BCUT2D eigenvalue weighted by molar-refractivity contribution is 5.97. The first-order valence-corrected chi connectivity index (χ1v) is 17.5. The van der Waals surface area contributed by atoms with E-state index in [0.29, 0.717) is 63.5 Å². The van der Waals surface area contributed by atoms with Crippen molar-refractivity contribution in [2.45, 2.75) is 72.5 Å². The van der Waals surface area contributed by atoms with Crippen LogP contribution in [0.2, 0.25) is 0 Å². The maximum Gasteiger partial charge on any atom is 0.354 e. The molecule has 0 aliphatic heterocycles. The molecule has 10 heteroatoms. The van der Waals surface area contributed by atoms with Crippen molar-refractivity contribution in [3.63, 3.8) is 0 Å². The van der Waals surface area contributed by atoms with Gasteiger partial charge < -0.3 is 24.4 Å². The zero-order chi connectivity index (χ0) is 35.7. The summed E-state index contributed by atoms with van der Waals surface area (Å²) in [6.07, 6.45) is 4.46. The Bertz CT molecular complexity index is 1680. The van der Waals surface area contributed by atoms with Gasteiger partial charge in [-0.15, -0.1) is 0 Å². The SMILES string of the molecule is CCCN(CCC)C(=O)c1cc(CCCCN(CCC)C(=O)c2cc(OCc3ccccc3)nc(C(=O)O)c2)nc(OCc2ccccc2)c1. The predicted octanol–water partition coefficient (Wildman–Crippen LogP) is 7.47. The lowest BCUT2D eigenvalue weighted by atomic mass is 10.1. The number of aromatic nitrogens is 2. The minimum absolute atomic E-state index is 0.0353. The van der Waals surface area contributed by atoms with Gasteiger partial charge in [0.05, 0.1) is 0 Å². The average molecular weight is 681 g/mol. The number of hydrogen-bond donors (Lipinski definition) is 1. The predicted molar refractivity (Wildman–Crippen MR) is 193 cm³/mol. The normalized spacial score (nSPS) is 10.8. The summed E-state index contributed by atoms with van der Waals surface area (Å²) in [5.74, 6) is -1.07. The van der Waals surface area contributed by atoms with Crippen LogP contribution in [0.5, 0.6) is 11.8 Å². The second-order valence-corrected chi connectivity index (χ2v) is 12.2. The lowest BCUT2D eigenvalue weighted by Gasteiger charge is -2.23. The number of pyridine rings is 2. The van der Waals surface area contributed by atoms with Crippen LogP contribution in [0.25, 0.3) is 0 Å². The fourth-order valence-electron chi connectivity index (χ4n) is 5.57. The molecular weight excluding hydrogens is 632 g/mol. The van der Waals surface area contributed by atoms with Crippen molar-refractivity contribution < 1.29 is 29.0 Å². The van der Waals surface area contributed by atoms with Crippen LogP contribution in [0.15, 0.2) is 84.9 Å². The summed E-state index contributed by atoms with van der Waals surface area (Å²) in [6.45, 7) is 8.98. The number of aryl methyl sites for hydroxylation is 1. The van der Waals surface area contributed by atoms with Gasteiger partial charge in [0.15, 0.2) is 5.69 Å². The van der Waals surface area contributed by atoms with Crippen molar-refractivity contribution >= 4 is 17.8 Å². The molecule has 1 N–H and O–H groups in total. The van der Waals surface area contributed by atoms with Gasteiger partial charge in [-0.05, 0) is 61.8 Å². The monoisotopic (exact) mass is 680 g/mol. The minimum atomic E-state index is -1.24. The van der Waals surface area contributed by atoms with Crippen molar-refractivity contribution in [3.8, 4) is 11.8 Å². The number of aromatic carboxylic acids is 1. The maximum absolute atomic E-state index is 13.7. The van der Waals surface area contributed by atoms with E-state index in [9.17, 15) is 19.5 Å². The molecule has 2 aromatic carbocycles. The van der Waals surface area contributed by atoms with Gasteiger partial charge in [-0.1, -0.05) is 81.4 Å². The fourth-order valence-corrected chi connectivity index (χ4v) is 5.57. The number of carboxylic acids is 1. The summed E-state index contributed by atoms with van der Waals surface area (Å²) in [5, 5.41) is 9.69. The van der Waals surface area contributed by atoms with Gasteiger partial charge in [-0.3, -0.25) is 9.59 Å². The van der Waals surface area contributed by atoms with Crippen LogP contribution in [0, 0.1) is 0 Å². The summed E-state index contributed by atoms with van der Waals surface area (Å²) in [7, 11) is 0. The Hall–Kier alpha value is -5.25. The molecule has 10 nitrogen and oxygen atoms in total. The highest BCUT2D eigenvalue weighted by Crippen LogP contribution is 2.20. The molecule has 0 saturated heterocycles. The Labute approximate surface area is 295 Å². The Kier molecular flexibility index (Phi) is 14.8. The van der Waals surface area contributed by atoms with Gasteiger partial charge >= 0.3 is 5.97 Å². The number of carboxylic acid groups (broad SMARTS) is 1. The van der Waals surface area contributed by atoms with Crippen LogP contribution in [0.3, 0.4) is 0 Å². The molecule has 0 unspecified atom stereocenters. The summed E-state index contributed by atoms with van der Waals surface area (Å²) >= 11 is 0. The van der Waals surface area contributed by atoms with Gasteiger partial charge in [0.25, 0.3) is 11.8 Å². The third-order valence-electron chi connectivity index (χ3n) is 7.99. The minimum Gasteiger partial charge on any atom is -0.477 e. The van der Waals surface area contributed by atoms with E-state index in [1.807, 2.05) is 78.6 Å². The molecule has 2 amide bonds. The zero-order valence-corrected chi connectivity index (χ0v) is 29.3. The molecule has 0 atom stereocenters. The van der Waals surface area contributed by atoms with Crippen LogP contribution < -0.4 is 9.47 Å². The third kappa shape index (κ3) is 11.4.